The molecule has 0 bridgehead atoms. The Hall–Kier alpha value is -2.09. The quantitative estimate of drug-likeness (QED) is 0.750. The fraction of sp³-hybridized carbons (Fsp3) is 0.381. The van der Waals surface area contributed by atoms with Crippen LogP contribution in [-0.4, -0.2) is 38.8 Å². The summed E-state index contributed by atoms with van der Waals surface area (Å²) >= 11 is 6.10. The maximum atomic E-state index is 13.0. The van der Waals surface area contributed by atoms with Crippen LogP contribution in [-0.2, 0) is 14.8 Å². The third-order valence-corrected chi connectivity index (χ3v) is 7.33. The highest BCUT2D eigenvalue weighted by molar-refractivity contribution is 7.89. The summed E-state index contributed by atoms with van der Waals surface area (Å²) < 4.78 is 32.5. The topological polar surface area (TPSA) is 75.7 Å². The van der Waals surface area contributed by atoms with Crippen molar-refractivity contribution in [1.82, 2.24) is 9.62 Å². The van der Waals surface area contributed by atoms with Crippen LogP contribution in [0.25, 0.3) is 0 Å². The Labute approximate surface area is 176 Å². The minimum absolute atomic E-state index is 0.0991. The van der Waals surface area contributed by atoms with Gasteiger partial charge in [0.15, 0.2) is 0 Å². The van der Waals surface area contributed by atoms with E-state index >= 15 is 0 Å². The van der Waals surface area contributed by atoms with Crippen LogP contribution in [0.4, 0.5) is 0 Å². The van der Waals surface area contributed by atoms with E-state index in [-0.39, 0.29) is 28.4 Å². The predicted molar refractivity (Wildman–Crippen MR) is 112 cm³/mol. The van der Waals surface area contributed by atoms with Gasteiger partial charge in [-0.1, -0.05) is 41.9 Å². The lowest BCUT2D eigenvalue weighted by Gasteiger charge is -2.32. The van der Waals surface area contributed by atoms with Gasteiger partial charge in [-0.2, -0.15) is 4.31 Å². The van der Waals surface area contributed by atoms with Gasteiger partial charge in [0.05, 0.1) is 29.0 Å². The fourth-order valence-corrected chi connectivity index (χ4v) is 5.36. The SMILES string of the molecule is COc1ccc(S(=O)(=O)N2CCC[C@@H](C(=O)N[C@H](C)c3ccccc3)C2)cc1Cl. The Bertz CT molecular complexity index is 966. The molecular formula is C21H25ClN2O4S. The Morgan fingerprint density at radius 3 is 2.62 bits per heavy atom. The summed E-state index contributed by atoms with van der Waals surface area (Å²) in [6, 6.07) is 13.9. The third kappa shape index (κ3) is 4.91. The van der Waals surface area contributed by atoms with Gasteiger partial charge in [-0.25, -0.2) is 8.42 Å². The maximum absolute atomic E-state index is 13.0. The molecule has 0 radical (unpaired) electrons. The summed E-state index contributed by atoms with van der Waals surface area (Å²) in [5.74, 6) is -0.108. The van der Waals surface area contributed by atoms with Gasteiger partial charge in [-0.05, 0) is 43.5 Å². The molecule has 2 atom stereocenters. The highest BCUT2D eigenvalue weighted by Gasteiger charge is 2.34. The minimum atomic E-state index is -3.74. The van der Waals surface area contributed by atoms with E-state index in [9.17, 15) is 13.2 Å². The van der Waals surface area contributed by atoms with Crippen molar-refractivity contribution in [3.63, 3.8) is 0 Å². The van der Waals surface area contributed by atoms with Crippen molar-refractivity contribution >= 4 is 27.5 Å². The van der Waals surface area contributed by atoms with Crippen molar-refractivity contribution in [3.05, 3.63) is 59.1 Å². The molecule has 2 aromatic carbocycles. The lowest BCUT2D eigenvalue weighted by atomic mass is 9.98. The summed E-state index contributed by atoms with van der Waals surface area (Å²) in [7, 11) is -2.27. The zero-order valence-electron chi connectivity index (χ0n) is 16.5. The molecule has 3 rings (SSSR count). The molecule has 2 aromatic rings. The van der Waals surface area contributed by atoms with E-state index in [4.69, 9.17) is 16.3 Å². The van der Waals surface area contributed by atoms with Crippen LogP contribution in [0.3, 0.4) is 0 Å². The van der Waals surface area contributed by atoms with Gasteiger partial charge in [0.2, 0.25) is 15.9 Å². The molecule has 1 N–H and O–H groups in total. The van der Waals surface area contributed by atoms with Gasteiger partial charge >= 0.3 is 0 Å². The Morgan fingerprint density at radius 1 is 1.24 bits per heavy atom. The van der Waals surface area contributed by atoms with Gasteiger partial charge in [0.25, 0.3) is 0 Å². The van der Waals surface area contributed by atoms with Gasteiger partial charge in [-0.15, -0.1) is 0 Å². The molecular weight excluding hydrogens is 412 g/mol. The number of ether oxygens (including phenoxy) is 1. The largest absolute Gasteiger partial charge is 0.495 e. The Kier molecular flexibility index (Phi) is 6.82. The van der Waals surface area contributed by atoms with Crippen LogP contribution in [0.5, 0.6) is 5.75 Å². The van der Waals surface area contributed by atoms with Crippen LogP contribution in [0.2, 0.25) is 5.02 Å². The summed E-state index contributed by atoms with van der Waals surface area (Å²) in [5.41, 5.74) is 1.01. The number of methoxy groups -OCH3 is 1. The Morgan fingerprint density at radius 2 is 1.97 bits per heavy atom. The molecule has 8 heteroatoms. The summed E-state index contributed by atoms with van der Waals surface area (Å²) in [5, 5.41) is 3.24. The van der Waals surface area contributed by atoms with Gasteiger partial charge < -0.3 is 10.1 Å². The van der Waals surface area contributed by atoms with E-state index in [1.807, 2.05) is 37.3 Å². The van der Waals surface area contributed by atoms with Crippen LogP contribution in [0.1, 0.15) is 31.4 Å². The van der Waals surface area contributed by atoms with Crippen molar-refractivity contribution < 1.29 is 17.9 Å². The summed E-state index contributed by atoms with van der Waals surface area (Å²) in [6.07, 6.45) is 1.28. The van der Waals surface area contributed by atoms with Crippen molar-refractivity contribution in [3.8, 4) is 5.75 Å². The molecule has 0 aliphatic carbocycles. The van der Waals surface area contributed by atoms with Crippen molar-refractivity contribution in [1.29, 1.82) is 0 Å². The normalized spacial score (nSPS) is 18.8. The average molecular weight is 437 g/mol. The number of hydrogen-bond acceptors (Lipinski definition) is 4. The van der Waals surface area contributed by atoms with E-state index in [2.05, 4.69) is 5.32 Å². The van der Waals surface area contributed by atoms with E-state index in [1.165, 1.54) is 29.6 Å². The molecule has 1 heterocycles. The third-order valence-electron chi connectivity index (χ3n) is 5.17. The fourth-order valence-electron chi connectivity index (χ4n) is 3.49. The Balaban J connectivity index is 1.71. The highest BCUT2D eigenvalue weighted by Crippen LogP contribution is 2.30. The first-order valence-corrected chi connectivity index (χ1v) is 11.3. The predicted octanol–water partition coefficient (Wildman–Crippen LogP) is 3.63. The second kappa shape index (κ2) is 9.15. The van der Waals surface area contributed by atoms with Crippen molar-refractivity contribution in [2.24, 2.45) is 5.92 Å². The van der Waals surface area contributed by atoms with E-state index in [0.717, 1.165) is 5.56 Å². The number of carbonyl (C=O) groups excluding carboxylic acids is 1. The van der Waals surface area contributed by atoms with Gasteiger partial charge in [0, 0.05) is 13.1 Å². The molecule has 1 aliphatic rings. The molecule has 0 unspecified atom stereocenters. The van der Waals surface area contributed by atoms with E-state index < -0.39 is 15.9 Å². The molecule has 0 aromatic heterocycles. The minimum Gasteiger partial charge on any atom is -0.495 e. The average Bonchev–Trinajstić information content (AvgIpc) is 2.74. The summed E-state index contributed by atoms with van der Waals surface area (Å²) in [4.78, 5) is 12.9. The van der Waals surface area contributed by atoms with Crippen LogP contribution >= 0.6 is 11.6 Å². The van der Waals surface area contributed by atoms with Gasteiger partial charge in [-0.3, -0.25) is 4.79 Å². The molecule has 156 valence electrons. The lowest BCUT2D eigenvalue weighted by Crippen LogP contribution is -2.45. The molecule has 1 aliphatic heterocycles. The number of hydrogen-bond donors (Lipinski definition) is 1. The standard InChI is InChI=1S/C21H25ClN2O4S/c1-15(16-7-4-3-5-8-16)23-21(25)17-9-6-12-24(14-17)29(26,27)18-10-11-20(28-2)19(22)13-18/h3-5,7-8,10-11,13,15,17H,6,9,12,14H2,1-2H3,(H,23,25)/t15-,17-/m1/s1. The number of rotatable bonds is 6. The number of nitrogens with one attached hydrogen (secondary N) is 1. The first kappa shape index (κ1) is 21.6. The molecule has 1 amide bonds. The van der Waals surface area contributed by atoms with E-state index in [1.54, 1.807) is 0 Å². The van der Waals surface area contributed by atoms with Crippen molar-refractivity contribution in [2.75, 3.05) is 20.2 Å². The maximum Gasteiger partial charge on any atom is 0.243 e. The molecule has 0 spiro atoms. The number of halogens is 1. The van der Waals surface area contributed by atoms with Gasteiger partial charge in [0.1, 0.15) is 5.75 Å². The zero-order chi connectivity index (χ0) is 21.0. The molecule has 29 heavy (non-hydrogen) atoms. The summed E-state index contributed by atoms with van der Waals surface area (Å²) in [6.45, 7) is 2.45. The van der Waals surface area contributed by atoms with Crippen LogP contribution in [0.15, 0.2) is 53.4 Å². The second-order valence-electron chi connectivity index (χ2n) is 7.14. The molecule has 6 nitrogen and oxygen atoms in total. The second-order valence-corrected chi connectivity index (χ2v) is 9.48. The zero-order valence-corrected chi connectivity index (χ0v) is 18.0. The highest BCUT2D eigenvalue weighted by atomic mass is 35.5. The van der Waals surface area contributed by atoms with Crippen LogP contribution < -0.4 is 10.1 Å². The number of carbonyl (C=O) groups is 1. The number of amides is 1. The first-order chi connectivity index (χ1) is 13.8. The lowest BCUT2D eigenvalue weighted by molar-refractivity contribution is -0.126. The molecule has 0 saturated carbocycles. The molecule has 1 fully saturated rings. The number of nitrogens with zero attached hydrogens (tertiary/aromatic N) is 1. The van der Waals surface area contributed by atoms with Crippen LogP contribution in [0, 0.1) is 5.92 Å². The monoisotopic (exact) mass is 436 g/mol. The van der Waals surface area contributed by atoms with E-state index in [0.29, 0.717) is 25.1 Å². The smallest absolute Gasteiger partial charge is 0.243 e. The number of benzene rings is 2. The first-order valence-electron chi connectivity index (χ1n) is 9.52. The molecule has 1 saturated heterocycles. The number of piperidine rings is 1. The van der Waals surface area contributed by atoms with Crippen molar-refractivity contribution in [2.45, 2.75) is 30.7 Å². The number of sulfonamides is 1.